The first kappa shape index (κ1) is 21.8. The van der Waals surface area contributed by atoms with Crippen LogP contribution in [0.2, 0.25) is 0 Å². The number of anilines is 1. The van der Waals surface area contributed by atoms with Crippen molar-refractivity contribution >= 4 is 21.6 Å². The molecule has 2 aromatic rings. The Bertz CT molecular complexity index is 991. The molecule has 1 aliphatic heterocycles. The highest BCUT2D eigenvalue weighted by molar-refractivity contribution is 7.92. The van der Waals surface area contributed by atoms with Gasteiger partial charge in [-0.15, -0.1) is 0 Å². The van der Waals surface area contributed by atoms with E-state index in [1.807, 2.05) is 31.2 Å². The van der Waals surface area contributed by atoms with Gasteiger partial charge in [0.25, 0.3) is 0 Å². The lowest BCUT2D eigenvalue weighted by molar-refractivity contribution is -0.120. The van der Waals surface area contributed by atoms with E-state index in [0.717, 1.165) is 21.9 Å². The molecule has 0 bridgehead atoms. The Labute approximate surface area is 176 Å². The minimum absolute atomic E-state index is 0.245. The number of methoxy groups -OCH3 is 1. The summed E-state index contributed by atoms with van der Waals surface area (Å²) in [6.45, 7) is 2.43. The maximum atomic E-state index is 12.7. The van der Waals surface area contributed by atoms with Crippen LogP contribution in [0.3, 0.4) is 0 Å². The van der Waals surface area contributed by atoms with Crippen molar-refractivity contribution in [2.45, 2.75) is 19.4 Å². The third kappa shape index (κ3) is 5.15. The zero-order chi connectivity index (χ0) is 21.7. The highest BCUT2D eigenvalue weighted by Crippen LogP contribution is 2.34. The van der Waals surface area contributed by atoms with Gasteiger partial charge >= 0.3 is 0 Å². The van der Waals surface area contributed by atoms with Crippen molar-refractivity contribution in [3.05, 3.63) is 48.0 Å². The van der Waals surface area contributed by atoms with Crippen LogP contribution in [0.25, 0.3) is 0 Å². The number of rotatable bonds is 8. The number of nitrogens with one attached hydrogen (secondary N) is 1. The Morgan fingerprint density at radius 2 is 1.80 bits per heavy atom. The van der Waals surface area contributed by atoms with Crippen LogP contribution in [0.1, 0.15) is 24.9 Å². The molecule has 1 heterocycles. The first-order valence-corrected chi connectivity index (χ1v) is 11.5. The SMILES string of the molecule is CCC(NC(=O)CN(c1ccc2c(c1)OCCO2)S(C)(=O)=O)c1ccc(OC)cc1. The van der Waals surface area contributed by atoms with Crippen molar-refractivity contribution < 1.29 is 27.4 Å². The van der Waals surface area contributed by atoms with E-state index >= 15 is 0 Å². The molecule has 0 saturated carbocycles. The number of hydrogen-bond donors (Lipinski definition) is 1. The lowest BCUT2D eigenvalue weighted by Crippen LogP contribution is -2.41. The van der Waals surface area contributed by atoms with Crippen LogP contribution in [0.15, 0.2) is 42.5 Å². The molecule has 3 rings (SSSR count). The summed E-state index contributed by atoms with van der Waals surface area (Å²) in [5.41, 5.74) is 1.26. The molecule has 0 fully saturated rings. The smallest absolute Gasteiger partial charge is 0.241 e. The van der Waals surface area contributed by atoms with Crippen molar-refractivity contribution in [1.82, 2.24) is 5.32 Å². The first-order valence-electron chi connectivity index (χ1n) is 9.62. The van der Waals surface area contributed by atoms with Crippen LogP contribution >= 0.6 is 0 Å². The topological polar surface area (TPSA) is 94.2 Å². The minimum Gasteiger partial charge on any atom is -0.497 e. The second kappa shape index (κ2) is 9.25. The number of sulfonamides is 1. The molecule has 9 heteroatoms. The number of hydrogen-bond acceptors (Lipinski definition) is 6. The lowest BCUT2D eigenvalue weighted by atomic mass is 10.0. The molecule has 1 aliphatic rings. The monoisotopic (exact) mass is 434 g/mol. The normalized spacial score (nSPS) is 14.0. The van der Waals surface area contributed by atoms with E-state index in [9.17, 15) is 13.2 Å². The number of nitrogens with zero attached hydrogens (tertiary/aromatic N) is 1. The van der Waals surface area contributed by atoms with Crippen LogP contribution in [0.5, 0.6) is 17.2 Å². The molecule has 0 aliphatic carbocycles. The average molecular weight is 435 g/mol. The number of carbonyl (C=O) groups is 1. The van der Waals surface area contributed by atoms with Gasteiger partial charge in [-0.05, 0) is 36.2 Å². The van der Waals surface area contributed by atoms with E-state index in [2.05, 4.69) is 5.32 Å². The standard InChI is InChI=1S/C21H26N2O6S/c1-4-18(15-5-8-17(27-2)9-6-15)22-21(24)14-23(30(3,25)26)16-7-10-19-20(13-16)29-12-11-28-19/h5-10,13,18H,4,11-12,14H2,1-3H3,(H,22,24). The minimum atomic E-state index is -3.70. The van der Waals surface area contributed by atoms with Crippen molar-refractivity contribution in [3.8, 4) is 17.2 Å². The largest absolute Gasteiger partial charge is 0.497 e. The van der Waals surface area contributed by atoms with Crippen LogP contribution < -0.4 is 23.8 Å². The van der Waals surface area contributed by atoms with Crippen molar-refractivity contribution in [2.24, 2.45) is 0 Å². The summed E-state index contributed by atoms with van der Waals surface area (Å²) in [6, 6.07) is 12.0. The van der Waals surface area contributed by atoms with Crippen molar-refractivity contribution in [1.29, 1.82) is 0 Å². The van der Waals surface area contributed by atoms with E-state index in [4.69, 9.17) is 14.2 Å². The number of carbonyl (C=O) groups excluding carboxylic acids is 1. The van der Waals surface area contributed by atoms with Gasteiger partial charge in [-0.1, -0.05) is 19.1 Å². The molecule has 8 nitrogen and oxygen atoms in total. The van der Waals surface area contributed by atoms with Crippen LogP contribution in [0.4, 0.5) is 5.69 Å². The molecule has 30 heavy (non-hydrogen) atoms. The highest BCUT2D eigenvalue weighted by atomic mass is 32.2. The molecule has 2 aromatic carbocycles. The van der Waals surface area contributed by atoms with Crippen molar-refractivity contribution in [2.75, 3.05) is 37.4 Å². The molecular formula is C21H26N2O6S. The Hall–Kier alpha value is -2.94. The van der Waals surface area contributed by atoms with Crippen LogP contribution in [-0.2, 0) is 14.8 Å². The fraction of sp³-hybridized carbons (Fsp3) is 0.381. The predicted molar refractivity (Wildman–Crippen MR) is 114 cm³/mol. The van der Waals surface area contributed by atoms with E-state index in [1.165, 1.54) is 0 Å². The van der Waals surface area contributed by atoms with Gasteiger partial charge in [-0.3, -0.25) is 9.10 Å². The van der Waals surface area contributed by atoms with Gasteiger partial charge in [-0.25, -0.2) is 8.42 Å². The molecule has 1 atom stereocenters. The Kier molecular flexibility index (Phi) is 6.71. The van der Waals surface area contributed by atoms with E-state index < -0.39 is 15.9 Å². The zero-order valence-corrected chi connectivity index (χ0v) is 18.1. The Morgan fingerprint density at radius 3 is 2.40 bits per heavy atom. The third-order valence-electron chi connectivity index (χ3n) is 4.76. The molecular weight excluding hydrogens is 408 g/mol. The summed E-state index contributed by atoms with van der Waals surface area (Å²) in [4.78, 5) is 12.7. The van der Waals surface area contributed by atoms with Gasteiger partial charge in [0, 0.05) is 6.07 Å². The maximum absolute atomic E-state index is 12.7. The number of fused-ring (bicyclic) bond motifs is 1. The van der Waals surface area contributed by atoms with Crippen LogP contribution in [0, 0.1) is 0 Å². The molecule has 0 radical (unpaired) electrons. The fourth-order valence-corrected chi connectivity index (χ4v) is 4.06. The summed E-state index contributed by atoms with van der Waals surface area (Å²) in [6.07, 6.45) is 1.72. The van der Waals surface area contributed by atoms with Gasteiger partial charge in [0.2, 0.25) is 15.9 Å². The molecule has 1 amide bonds. The van der Waals surface area contributed by atoms with Gasteiger partial charge in [0.15, 0.2) is 11.5 Å². The van der Waals surface area contributed by atoms with Gasteiger partial charge < -0.3 is 19.5 Å². The third-order valence-corrected chi connectivity index (χ3v) is 5.90. The lowest BCUT2D eigenvalue weighted by Gasteiger charge is -2.26. The van der Waals surface area contributed by atoms with Gasteiger partial charge in [0.05, 0.1) is 25.1 Å². The summed E-state index contributed by atoms with van der Waals surface area (Å²) in [5, 5.41) is 2.91. The quantitative estimate of drug-likeness (QED) is 0.686. The zero-order valence-electron chi connectivity index (χ0n) is 17.3. The Morgan fingerprint density at radius 1 is 1.13 bits per heavy atom. The number of ether oxygens (including phenoxy) is 3. The second-order valence-electron chi connectivity index (χ2n) is 6.90. The van der Waals surface area contributed by atoms with Gasteiger partial charge in [-0.2, -0.15) is 0 Å². The van der Waals surface area contributed by atoms with E-state index in [1.54, 1.807) is 25.3 Å². The second-order valence-corrected chi connectivity index (χ2v) is 8.81. The predicted octanol–water partition coefficient (Wildman–Crippen LogP) is 2.50. The summed E-state index contributed by atoms with van der Waals surface area (Å²) in [5.74, 6) is 1.32. The number of amides is 1. The number of benzene rings is 2. The highest BCUT2D eigenvalue weighted by Gasteiger charge is 2.24. The molecule has 1 unspecified atom stereocenters. The average Bonchev–Trinajstić information content (AvgIpc) is 2.75. The van der Waals surface area contributed by atoms with E-state index in [0.29, 0.717) is 36.8 Å². The molecule has 1 N–H and O–H groups in total. The van der Waals surface area contributed by atoms with E-state index in [-0.39, 0.29) is 12.6 Å². The molecule has 0 spiro atoms. The first-order chi connectivity index (χ1) is 14.3. The van der Waals surface area contributed by atoms with Gasteiger partial charge in [0.1, 0.15) is 25.5 Å². The van der Waals surface area contributed by atoms with Crippen molar-refractivity contribution in [3.63, 3.8) is 0 Å². The summed E-state index contributed by atoms with van der Waals surface area (Å²) < 4.78 is 42.0. The van der Waals surface area contributed by atoms with Crippen LogP contribution in [-0.4, -0.2) is 47.4 Å². The molecule has 162 valence electrons. The fourth-order valence-electron chi connectivity index (χ4n) is 3.21. The summed E-state index contributed by atoms with van der Waals surface area (Å²) in [7, 11) is -2.11. The summed E-state index contributed by atoms with van der Waals surface area (Å²) >= 11 is 0. The molecule has 0 aromatic heterocycles. The Balaban J connectivity index is 1.76. The maximum Gasteiger partial charge on any atom is 0.241 e. The molecule has 0 saturated heterocycles.